The second-order valence-electron chi connectivity index (χ2n) is 4.26. The molecule has 0 fully saturated rings. The standard InChI is InChI=1S/C15H15NO4S/c1-2-20-15(19)10-4-3-5-12(6-10)16-8-13-7-11(9-21-13)14(17)18/h3-7,9,16H,2,8H2,1H3,(H,17,18). The number of carboxylic acid groups (broad SMARTS) is 1. The second kappa shape index (κ2) is 6.90. The number of aromatic carboxylic acids is 1. The van der Waals surface area contributed by atoms with E-state index >= 15 is 0 Å². The zero-order chi connectivity index (χ0) is 15.2. The summed E-state index contributed by atoms with van der Waals surface area (Å²) in [5, 5.41) is 13.6. The Morgan fingerprint density at radius 3 is 2.76 bits per heavy atom. The van der Waals surface area contributed by atoms with Gasteiger partial charge in [-0.25, -0.2) is 9.59 Å². The highest BCUT2D eigenvalue weighted by molar-refractivity contribution is 7.10. The molecular formula is C15H15NO4S. The van der Waals surface area contributed by atoms with E-state index in [2.05, 4.69) is 5.32 Å². The third-order valence-electron chi connectivity index (χ3n) is 2.74. The molecule has 0 bridgehead atoms. The minimum atomic E-state index is -0.929. The van der Waals surface area contributed by atoms with Gasteiger partial charge in [-0.2, -0.15) is 0 Å². The van der Waals surface area contributed by atoms with E-state index in [4.69, 9.17) is 9.84 Å². The number of anilines is 1. The Morgan fingerprint density at radius 2 is 2.10 bits per heavy atom. The zero-order valence-electron chi connectivity index (χ0n) is 11.5. The van der Waals surface area contributed by atoms with E-state index in [1.165, 1.54) is 11.3 Å². The van der Waals surface area contributed by atoms with Crippen LogP contribution in [0.5, 0.6) is 0 Å². The van der Waals surface area contributed by atoms with Crippen molar-refractivity contribution in [1.29, 1.82) is 0 Å². The van der Waals surface area contributed by atoms with Gasteiger partial charge in [0.2, 0.25) is 0 Å². The van der Waals surface area contributed by atoms with E-state index < -0.39 is 5.97 Å². The number of rotatable bonds is 6. The van der Waals surface area contributed by atoms with Gasteiger partial charge in [0.15, 0.2) is 0 Å². The summed E-state index contributed by atoms with van der Waals surface area (Å²) in [4.78, 5) is 23.4. The number of benzene rings is 1. The highest BCUT2D eigenvalue weighted by Gasteiger charge is 2.08. The Morgan fingerprint density at radius 1 is 1.29 bits per heavy atom. The average Bonchev–Trinajstić information content (AvgIpc) is 2.95. The van der Waals surface area contributed by atoms with Crippen LogP contribution in [0.3, 0.4) is 0 Å². The van der Waals surface area contributed by atoms with Gasteiger partial charge in [-0.15, -0.1) is 11.3 Å². The first-order valence-electron chi connectivity index (χ1n) is 6.42. The van der Waals surface area contributed by atoms with Crippen molar-refractivity contribution < 1.29 is 19.4 Å². The highest BCUT2D eigenvalue weighted by atomic mass is 32.1. The van der Waals surface area contributed by atoms with Crippen LogP contribution in [0.2, 0.25) is 0 Å². The summed E-state index contributed by atoms with van der Waals surface area (Å²) in [5.74, 6) is -1.28. The minimum absolute atomic E-state index is 0.289. The van der Waals surface area contributed by atoms with Gasteiger partial charge in [0.1, 0.15) is 0 Å². The summed E-state index contributed by atoms with van der Waals surface area (Å²) in [6.07, 6.45) is 0. The van der Waals surface area contributed by atoms with E-state index in [1.54, 1.807) is 36.6 Å². The number of carboxylic acids is 1. The number of thiophene rings is 1. The molecule has 0 spiro atoms. The molecule has 1 aromatic carbocycles. The number of esters is 1. The molecule has 5 nitrogen and oxygen atoms in total. The molecule has 2 N–H and O–H groups in total. The van der Waals surface area contributed by atoms with Crippen LogP contribution in [-0.4, -0.2) is 23.7 Å². The fourth-order valence-electron chi connectivity index (χ4n) is 1.75. The monoisotopic (exact) mass is 305 g/mol. The molecule has 6 heteroatoms. The molecule has 0 aliphatic rings. The number of nitrogens with one attached hydrogen (secondary N) is 1. The Labute approximate surface area is 126 Å². The van der Waals surface area contributed by atoms with Gasteiger partial charge < -0.3 is 15.2 Å². The molecule has 0 aliphatic heterocycles. The van der Waals surface area contributed by atoms with Gasteiger partial charge in [0.25, 0.3) is 0 Å². The molecule has 21 heavy (non-hydrogen) atoms. The van der Waals surface area contributed by atoms with Crippen molar-refractivity contribution in [2.24, 2.45) is 0 Å². The predicted molar refractivity (Wildman–Crippen MR) is 81.0 cm³/mol. The van der Waals surface area contributed by atoms with Crippen molar-refractivity contribution in [3.8, 4) is 0 Å². The maximum Gasteiger partial charge on any atom is 0.338 e. The number of carbonyl (C=O) groups is 2. The average molecular weight is 305 g/mol. The van der Waals surface area contributed by atoms with Crippen molar-refractivity contribution in [1.82, 2.24) is 0 Å². The lowest BCUT2D eigenvalue weighted by Crippen LogP contribution is -2.05. The van der Waals surface area contributed by atoms with Crippen LogP contribution in [0.15, 0.2) is 35.7 Å². The summed E-state index contributed by atoms with van der Waals surface area (Å²) in [6.45, 7) is 2.60. The maximum absolute atomic E-state index is 11.6. The fourth-order valence-corrected chi connectivity index (χ4v) is 2.54. The van der Waals surface area contributed by atoms with Crippen LogP contribution in [0.4, 0.5) is 5.69 Å². The first-order valence-corrected chi connectivity index (χ1v) is 7.30. The van der Waals surface area contributed by atoms with E-state index in [0.717, 1.165) is 10.6 Å². The predicted octanol–water partition coefficient (Wildman–Crippen LogP) is 3.24. The first-order chi connectivity index (χ1) is 10.1. The molecule has 0 saturated carbocycles. The molecule has 1 heterocycles. The van der Waals surface area contributed by atoms with Gasteiger partial charge in [0.05, 0.1) is 17.7 Å². The van der Waals surface area contributed by atoms with Gasteiger partial charge in [-0.05, 0) is 31.2 Å². The van der Waals surface area contributed by atoms with E-state index in [-0.39, 0.29) is 11.5 Å². The Hall–Kier alpha value is -2.34. The Kier molecular flexibility index (Phi) is 4.94. The Balaban J connectivity index is 2.01. The molecule has 110 valence electrons. The maximum atomic E-state index is 11.6. The van der Waals surface area contributed by atoms with Gasteiger partial charge >= 0.3 is 11.9 Å². The SMILES string of the molecule is CCOC(=O)c1cccc(NCc2cc(C(=O)O)cs2)c1. The molecule has 0 radical (unpaired) electrons. The first kappa shape index (κ1) is 15.1. The van der Waals surface area contributed by atoms with Crippen LogP contribution in [0.1, 0.15) is 32.5 Å². The largest absolute Gasteiger partial charge is 0.478 e. The molecule has 0 unspecified atom stereocenters. The van der Waals surface area contributed by atoms with Crippen molar-refractivity contribution >= 4 is 29.0 Å². The summed E-state index contributed by atoms with van der Waals surface area (Å²) in [5.41, 5.74) is 1.56. The van der Waals surface area contributed by atoms with Crippen molar-refractivity contribution in [3.63, 3.8) is 0 Å². The number of hydrogen-bond donors (Lipinski definition) is 2. The van der Waals surface area contributed by atoms with Gasteiger partial charge in [-0.3, -0.25) is 0 Å². The lowest BCUT2D eigenvalue weighted by molar-refractivity contribution is 0.0526. The van der Waals surface area contributed by atoms with Crippen LogP contribution >= 0.6 is 11.3 Å². The highest BCUT2D eigenvalue weighted by Crippen LogP contribution is 2.18. The van der Waals surface area contributed by atoms with Crippen LogP contribution in [-0.2, 0) is 11.3 Å². The van der Waals surface area contributed by atoms with Crippen LogP contribution in [0.25, 0.3) is 0 Å². The summed E-state index contributed by atoms with van der Waals surface area (Å²) in [6, 6.07) is 8.65. The third kappa shape index (κ3) is 4.06. The fraction of sp³-hybridized carbons (Fsp3) is 0.200. The zero-order valence-corrected chi connectivity index (χ0v) is 12.3. The molecule has 0 saturated heterocycles. The van der Waals surface area contributed by atoms with Crippen molar-refractivity contribution in [2.75, 3.05) is 11.9 Å². The van der Waals surface area contributed by atoms with Crippen LogP contribution < -0.4 is 5.32 Å². The Bertz CT molecular complexity index is 651. The van der Waals surface area contributed by atoms with Crippen LogP contribution in [0, 0.1) is 0 Å². The van der Waals surface area contributed by atoms with Crippen molar-refractivity contribution in [3.05, 3.63) is 51.7 Å². The molecule has 0 aliphatic carbocycles. The smallest absolute Gasteiger partial charge is 0.338 e. The molecule has 0 atom stereocenters. The lowest BCUT2D eigenvalue weighted by atomic mass is 10.2. The van der Waals surface area contributed by atoms with Crippen molar-refractivity contribution in [2.45, 2.75) is 13.5 Å². The van der Waals surface area contributed by atoms with E-state index in [1.807, 2.05) is 6.07 Å². The molecule has 0 amide bonds. The quantitative estimate of drug-likeness (QED) is 0.801. The summed E-state index contributed by atoms with van der Waals surface area (Å²) >= 11 is 1.38. The van der Waals surface area contributed by atoms with E-state index in [9.17, 15) is 9.59 Å². The van der Waals surface area contributed by atoms with E-state index in [0.29, 0.717) is 18.7 Å². The minimum Gasteiger partial charge on any atom is -0.478 e. The summed E-state index contributed by atoms with van der Waals surface area (Å²) < 4.78 is 4.95. The van der Waals surface area contributed by atoms with Gasteiger partial charge in [0, 0.05) is 22.5 Å². The normalized spacial score (nSPS) is 10.1. The number of hydrogen-bond acceptors (Lipinski definition) is 5. The molecule has 1 aromatic heterocycles. The number of ether oxygens (including phenoxy) is 1. The molecular weight excluding hydrogens is 290 g/mol. The lowest BCUT2D eigenvalue weighted by Gasteiger charge is -2.07. The molecule has 2 aromatic rings. The summed E-state index contributed by atoms with van der Waals surface area (Å²) in [7, 11) is 0. The molecule has 2 rings (SSSR count). The number of carbonyl (C=O) groups excluding carboxylic acids is 1. The third-order valence-corrected chi connectivity index (χ3v) is 3.68. The second-order valence-corrected chi connectivity index (χ2v) is 5.26. The topological polar surface area (TPSA) is 75.6 Å². The van der Waals surface area contributed by atoms with Gasteiger partial charge in [-0.1, -0.05) is 6.07 Å².